The van der Waals surface area contributed by atoms with Gasteiger partial charge in [0.1, 0.15) is 0 Å². The number of alkyl halides is 1. The van der Waals surface area contributed by atoms with E-state index >= 15 is 0 Å². The van der Waals surface area contributed by atoms with Gasteiger partial charge in [-0.15, -0.1) is 11.6 Å². The number of rotatable bonds is 2. The Morgan fingerprint density at radius 3 is 2.65 bits per heavy atom. The van der Waals surface area contributed by atoms with Gasteiger partial charge in [0.05, 0.1) is 0 Å². The molecule has 92 valence electrons. The van der Waals surface area contributed by atoms with Crippen molar-refractivity contribution in [3.63, 3.8) is 0 Å². The first kappa shape index (κ1) is 12.4. The molecule has 1 heterocycles. The molecule has 2 rings (SSSR count). The number of hydrogen-bond acceptors (Lipinski definition) is 1. The number of piperidine rings is 1. The summed E-state index contributed by atoms with van der Waals surface area (Å²) in [5.41, 5.74) is 1.98. The molecule has 1 aliphatic heterocycles. The van der Waals surface area contributed by atoms with E-state index in [4.69, 9.17) is 11.6 Å². The molecule has 0 spiro atoms. The minimum atomic E-state index is 0.158. The van der Waals surface area contributed by atoms with E-state index in [1.165, 1.54) is 0 Å². The van der Waals surface area contributed by atoms with Gasteiger partial charge < -0.3 is 4.90 Å². The normalized spacial score (nSPS) is 17.2. The van der Waals surface area contributed by atoms with E-state index in [0.717, 1.165) is 43.5 Å². The molecule has 0 aliphatic carbocycles. The lowest BCUT2D eigenvalue weighted by molar-refractivity contribution is 0.0725. The average molecular weight is 252 g/mol. The van der Waals surface area contributed by atoms with Gasteiger partial charge in [0, 0.05) is 24.0 Å². The fourth-order valence-electron chi connectivity index (χ4n) is 2.26. The molecule has 1 aromatic carbocycles. The highest BCUT2D eigenvalue weighted by Gasteiger charge is 2.23. The zero-order valence-electron chi connectivity index (χ0n) is 10.2. The van der Waals surface area contributed by atoms with E-state index in [2.05, 4.69) is 6.92 Å². The van der Waals surface area contributed by atoms with Crippen LogP contribution < -0.4 is 0 Å². The maximum absolute atomic E-state index is 12.4. The largest absolute Gasteiger partial charge is 0.339 e. The molecule has 1 saturated heterocycles. The molecule has 0 radical (unpaired) electrons. The van der Waals surface area contributed by atoms with Crippen LogP contribution in [0.1, 0.15) is 35.7 Å². The highest BCUT2D eigenvalue weighted by molar-refractivity contribution is 6.20. The number of amides is 1. The van der Waals surface area contributed by atoms with Gasteiger partial charge in [0.15, 0.2) is 0 Å². The highest BCUT2D eigenvalue weighted by atomic mass is 35.5. The van der Waals surface area contributed by atoms with Gasteiger partial charge in [-0.05, 0) is 30.9 Å². The molecule has 1 amide bonds. The van der Waals surface area contributed by atoms with Crippen LogP contribution in [0.4, 0.5) is 0 Å². The number of halogens is 1. The van der Waals surface area contributed by atoms with E-state index in [9.17, 15) is 4.79 Å². The SMILES string of the molecule is CCc1ccccc1C(=O)N1CCC(Cl)CC1. The third-order valence-electron chi connectivity index (χ3n) is 3.34. The summed E-state index contributed by atoms with van der Waals surface area (Å²) >= 11 is 6.05. The molecule has 1 aromatic rings. The Balaban J connectivity index is 2.14. The molecule has 0 unspecified atom stereocenters. The summed E-state index contributed by atoms with van der Waals surface area (Å²) < 4.78 is 0. The van der Waals surface area contributed by atoms with E-state index in [1.54, 1.807) is 0 Å². The number of carbonyl (C=O) groups is 1. The Morgan fingerprint density at radius 1 is 1.35 bits per heavy atom. The van der Waals surface area contributed by atoms with Crippen LogP contribution in [0.15, 0.2) is 24.3 Å². The topological polar surface area (TPSA) is 20.3 Å². The second-order valence-corrected chi connectivity index (χ2v) is 5.09. The van der Waals surface area contributed by atoms with E-state index in [0.29, 0.717) is 0 Å². The third kappa shape index (κ3) is 2.81. The van der Waals surface area contributed by atoms with Crippen LogP contribution in [0.25, 0.3) is 0 Å². The number of benzene rings is 1. The fraction of sp³-hybridized carbons (Fsp3) is 0.500. The summed E-state index contributed by atoms with van der Waals surface area (Å²) in [5.74, 6) is 0.158. The Hall–Kier alpha value is -1.02. The third-order valence-corrected chi connectivity index (χ3v) is 3.78. The highest BCUT2D eigenvalue weighted by Crippen LogP contribution is 2.19. The second-order valence-electron chi connectivity index (χ2n) is 4.48. The molecular weight excluding hydrogens is 234 g/mol. The molecule has 0 aromatic heterocycles. The van der Waals surface area contributed by atoms with Gasteiger partial charge in [-0.3, -0.25) is 4.79 Å². The standard InChI is InChI=1S/C14H18ClNO/c1-2-11-5-3-4-6-13(11)14(17)16-9-7-12(15)8-10-16/h3-6,12H,2,7-10H2,1H3. The molecule has 3 heteroatoms. The smallest absolute Gasteiger partial charge is 0.254 e. The van der Waals surface area contributed by atoms with E-state index in [1.807, 2.05) is 29.2 Å². The lowest BCUT2D eigenvalue weighted by atomic mass is 10.0. The van der Waals surface area contributed by atoms with Crippen molar-refractivity contribution in [3.05, 3.63) is 35.4 Å². The summed E-state index contributed by atoms with van der Waals surface area (Å²) in [7, 11) is 0. The molecule has 0 atom stereocenters. The van der Waals surface area contributed by atoms with Crippen LogP contribution >= 0.6 is 11.6 Å². The van der Waals surface area contributed by atoms with Crippen molar-refractivity contribution in [1.29, 1.82) is 0 Å². The number of aryl methyl sites for hydroxylation is 1. The Kier molecular flexibility index (Phi) is 4.06. The van der Waals surface area contributed by atoms with Gasteiger partial charge >= 0.3 is 0 Å². The first-order valence-corrected chi connectivity index (χ1v) is 6.67. The van der Waals surface area contributed by atoms with Crippen LogP contribution in [-0.2, 0) is 6.42 Å². The zero-order valence-corrected chi connectivity index (χ0v) is 10.9. The number of nitrogens with zero attached hydrogens (tertiary/aromatic N) is 1. The summed E-state index contributed by atoms with van der Waals surface area (Å²) in [5, 5.41) is 0.237. The van der Waals surface area contributed by atoms with Gasteiger partial charge in [-0.2, -0.15) is 0 Å². The average Bonchev–Trinajstić information content (AvgIpc) is 2.39. The van der Waals surface area contributed by atoms with Crippen LogP contribution in [0.2, 0.25) is 0 Å². The quantitative estimate of drug-likeness (QED) is 0.740. The first-order chi connectivity index (χ1) is 8.22. The van der Waals surface area contributed by atoms with E-state index < -0.39 is 0 Å². The van der Waals surface area contributed by atoms with E-state index in [-0.39, 0.29) is 11.3 Å². The van der Waals surface area contributed by atoms with Crippen molar-refractivity contribution in [2.75, 3.05) is 13.1 Å². The monoisotopic (exact) mass is 251 g/mol. The van der Waals surface area contributed by atoms with Crippen LogP contribution in [0, 0.1) is 0 Å². The van der Waals surface area contributed by atoms with Crippen LogP contribution in [-0.4, -0.2) is 29.3 Å². The minimum Gasteiger partial charge on any atom is -0.339 e. The van der Waals surface area contributed by atoms with Crippen molar-refractivity contribution >= 4 is 17.5 Å². The summed E-state index contributed by atoms with van der Waals surface area (Å²) in [6, 6.07) is 7.87. The van der Waals surface area contributed by atoms with Crippen molar-refractivity contribution in [3.8, 4) is 0 Å². The second kappa shape index (κ2) is 5.54. The molecule has 1 aliphatic rings. The van der Waals surface area contributed by atoms with Crippen molar-refractivity contribution < 1.29 is 4.79 Å². The van der Waals surface area contributed by atoms with Crippen molar-refractivity contribution in [1.82, 2.24) is 4.90 Å². The molecule has 0 saturated carbocycles. The Labute approximate surface area is 108 Å². The van der Waals surface area contributed by atoms with Gasteiger partial charge in [0.2, 0.25) is 0 Å². The van der Waals surface area contributed by atoms with Gasteiger partial charge in [0.25, 0.3) is 5.91 Å². The van der Waals surface area contributed by atoms with Gasteiger partial charge in [-0.25, -0.2) is 0 Å². The number of likely N-dealkylation sites (tertiary alicyclic amines) is 1. The Morgan fingerprint density at radius 2 is 2.00 bits per heavy atom. The molecule has 0 N–H and O–H groups in total. The summed E-state index contributed by atoms with van der Waals surface area (Å²) in [6.45, 7) is 3.65. The number of carbonyl (C=O) groups excluding carboxylic acids is 1. The maximum atomic E-state index is 12.4. The maximum Gasteiger partial charge on any atom is 0.254 e. The lowest BCUT2D eigenvalue weighted by Gasteiger charge is -2.29. The zero-order chi connectivity index (χ0) is 12.3. The fourth-order valence-corrected chi connectivity index (χ4v) is 2.45. The molecule has 2 nitrogen and oxygen atoms in total. The van der Waals surface area contributed by atoms with Crippen LogP contribution in [0.3, 0.4) is 0 Å². The predicted octanol–water partition coefficient (Wildman–Crippen LogP) is 3.09. The van der Waals surface area contributed by atoms with Crippen molar-refractivity contribution in [2.24, 2.45) is 0 Å². The van der Waals surface area contributed by atoms with Crippen LogP contribution in [0.5, 0.6) is 0 Å². The molecule has 17 heavy (non-hydrogen) atoms. The first-order valence-electron chi connectivity index (χ1n) is 6.23. The predicted molar refractivity (Wildman–Crippen MR) is 70.6 cm³/mol. The van der Waals surface area contributed by atoms with Gasteiger partial charge in [-0.1, -0.05) is 25.1 Å². The molecule has 0 bridgehead atoms. The molecule has 1 fully saturated rings. The minimum absolute atomic E-state index is 0.158. The summed E-state index contributed by atoms with van der Waals surface area (Å²) in [4.78, 5) is 14.3. The molecular formula is C14H18ClNO. The lowest BCUT2D eigenvalue weighted by Crippen LogP contribution is -2.39. The van der Waals surface area contributed by atoms with Crippen molar-refractivity contribution in [2.45, 2.75) is 31.6 Å². The number of hydrogen-bond donors (Lipinski definition) is 0. The summed E-state index contributed by atoms with van der Waals surface area (Å²) in [6.07, 6.45) is 2.71. The Bertz CT molecular complexity index is 397.